The van der Waals surface area contributed by atoms with Crippen molar-refractivity contribution in [3.63, 3.8) is 0 Å². The number of nitrogens with zero attached hydrogens (tertiary/aromatic N) is 2. The molecule has 0 fully saturated rings. The highest BCUT2D eigenvalue weighted by Crippen LogP contribution is 2.26. The molecule has 5 heteroatoms. The minimum atomic E-state index is 0.287. The number of aromatic nitrogens is 2. The van der Waals surface area contributed by atoms with Gasteiger partial charge < -0.3 is 11.1 Å². The van der Waals surface area contributed by atoms with Crippen LogP contribution in [0.1, 0.15) is 24.2 Å². The molecule has 1 atom stereocenters. The van der Waals surface area contributed by atoms with Crippen LogP contribution in [0.4, 0.5) is 5.82 Å². The molecule has 1 aliphatic heterocycles. The van der Waals surface area contributed by atoms with Gasteiger partial charge in [-0.25, -0.2) is 9.97 Å². The first kappa shape index (κ1) is 9.73. The van der Waals surface area contributed by atoms with Gasteiger partial charge in [0, 0.05) is 11.6 Å². The number of thioether (sulfide) groups is 1. The van der Waals surface area contributed by atoms with E-state index in [1.165, 1.54) is 11.8 Å². The highest BCUT2D eigenvalue weighted by atomic mass is 32.2. The maximum Gasteiger partial charge on any atom is 0.189 e. The van der Waals surface area contributed by atoms with E-state index in [1.807, 2.05) is 6.26 Å². The second kappa shape index (κ2) is 3.74. The molecule has 4 nitrogen and oxygen atoms in total. The van der Waals surface area contributed by atoms with Gasteiger partial charge in [0.25, 0.3) is 0 Å². The van der Waals surface area contributed by atoms with Gasteiger partial charge in [-0.3, -0.25) is 0 Å². The maximum atomic E-state index is 5.89. The standard InChI is InChI=1S/C9H14N4S/c1-5-7-6(3-4-11-5)8(10)13-9(12-7)14-2/h5,11H,3-4H2,1-2H3,(H2,10,12,13). The molecule has 0 saturated heterocycles. The van der Waals surface area contributed by atoms with Gasteiger partial charge in [-0.1, -0.05) is 11.8 Å². The molecule has 76 valence electrons. The average Bonchev–Trinajstić information content (AvgIpc) is 2.19. The number of nitrogens with two attached hydrogens (primary N) is 1. The van der Waals surface area contributed by atoms with Gasteiger partial charge in [-0.15, -0.1) is 0 Å². The third-order valence-electron chi connectivity index (χ3n) is 2.47. The highest BCUT2D eigenvalue weighted by molar-refractivity contribution is 7.98. The molecule has 1 unspecified atom stereocenters. The van der Waals surface area contributed by atoms with Crippen LogP contribution in [-0.4, -0.2) is 22.8 Å². The van der Waals surface area contributed by atoms with Crippen LogP contribution in [0.3, 0.4) is 0 Å². The minimum Gasteiger partial charge on any atom is -0.383 e. The number of hydrogen-bond acceptors (Lipinski definition) is 5. The Bertz CT molecular complexity index is 353. The van der Waals surface area contributed by atoms with Crippen molar-refractivity contribution < 1.29 is 0 Å². The molecular weight excluding hydrogens is 196 g/mol. The van der Waals surface area contributed by atoms with Crippen molar-refractivity contribution in [2.75, 3.05) is 18.5 Å². The Kier molecular flexibility index (Phi) is 2.60. The Hall–Kier alpha value is -0.810. The van der Waals surface area contributed by atoms with Gasteiger partial charge in [0.2, 0.25) is 0 Å². The smallest absolute Gasteiger partial charge is 0.189 e. The zero-order chi connectivity index (χ0) is 10.1. The molecule has 0 bridgehead atoms. The maximum absolute atomic E-state index is 5.89. The van der Waals surface area contributed by atoms with Crippen molar-refractivity contribution in [1.29, 1.82) is 0 Å². The van der Waals surface area contributed by atoms with E-state index < -0.39 is 0 Å². The highest BCUT2D eigenvalue weighted by Gasteiger charge is 2.20. The molecule has 14 heavy (non-hydrogen) atoms. The quantitative estimate of drug-likeness (QED) is 0.534. The summed E-state index contributed by atoms with van der Waals surface area (Å²) in [7, 11) is 0. The fourth-order valence-electron chi connectivity index (χ4n) is 1.71. The molecule has 1 aromatic heterocycles. The van der Waals surface area contributed by atoms with E-state index in [0.717, 1.165) is 29.4 Å². The molecule has 0 aromatic carbocycles. The number of nitrogen functional groups attached to an aromatic ring is 1. The number of hydrogen-bond donors (Lipinski definition) is 2. The largest absolute Gasteiger partial charge is 0.383 e. The van der Waals surface area contributed by atoms with Crippen LogP contribution < -0.4 is 11.1 Å². The summed E-state index contributed by atoms with van der Waals surface area (Å²) in [4.78, 5) is 8.72. The summed E-state index contributed by atoms with van der Waals surface area (Å²) in [6.07, 6.45) is 2.89. The Morgan fingerprint density at radius 3 is 3.00 bits per heavy atom. The zero-order valence-electron chi connectivity index (χ0n) is 8.37. The zero-order valence-corrected chi connectivity index (χ0v) is 9.19. The molecule has 0 aliphatic carbocycles. The molecule has 3 N–H and O–H groups in total. The Labute approximate surface area is 87.7 Å². The molecule has 0 spiro atoms. The predicted molar refractivity (Wildman–Crippen MR) is 58.3 cm³/mol. The molecule has 0 amide bonds. The van der Waals surface area contributed by atoms with Gasteiger partial charge in [0.05, 0.1) is 5.69 Å². The lowest BCUT2D eigenvalue weighted by atomic mass is 10.0. The van der Waals surface area contributed by atoms with E-state index >= 15 is 0 Å². The van der Waals surface area contributed by atoms with Crippen LogP contribution in [0.2, 0.25) is 0 Å². The summed E-state index contributed by atoms with van der Waals surface area (Å²) < 4.78 is 0. The van der Waals surface area contributed by atoms with E-state index in [0.29, 0.717) is 5.82 Å². The predicted octanol–water partition coefficient (Wildman–Crippen LogP) is 0.987. The Balaban J connectivity index is 2.51. The average molecular weight is 210 g/mol. The first-order chi connectivity index (χ1) is 6.72. The van der Waals surface area contributed by atoms with Crippen LogP contribution >= 0.6 is 11.8 Å². The third kappa shape index (κ3) is 1.57. The Morgan fingerprint density at radius 2 is 2.29 bits per heavy atom. The number of fused-ring (bicyclic) bond motifs is 1. The molecule has 1 aromatic rings. The SMILES string of the molecule is CSc1nc(N)c2c(n1)C(C)NCC2. The van der Waals surface area contributed by atoms with E-state index in [-0.39, 0.29) is 6.04 Å². The topological polar surface area (TPSA) is 63.8 Å². The van der Waals surface area contributed by atoms with E-state index in [9.17, 15) is 0 Å². The van der Waals surface area contributed by atoms with Gasteiger partial charge in [0.15, 0.2) is 5.16 Å². The number of rotatable bonds is 1. The summed E-state index contributed by atoms with van der Waals surface area (Å²) in [5, 5.41) is 4.12. The van der Waals surface area contributed by atoms with Crippen LogP contribution in [0.5, 0.6) is 0 Å². The van der Waals surface area contributed by atoms with Crippen molar-refractivity contribution in [3.05, 3.63) is 11.3 Å². The van der Waals surface area contributed by atoms with Gasteiger partial charge in [0.1, 0.15) is 5.82 Å². The lowest BCUT2D eigenvalue weighted by Gasteiger charge is -2.23. The Morgan fingerprint density at radius 1 is 1.50 bits per heavy atom. The van der Waals surface area contributed by atoms with Gasteiger partial charge in [-0.05, 0) is 26.1 Å². The minimum absolute atomic E-state index is 0.287. The fraction of sp³-hybridized carbons (Fsp3) is 0.556. The lowest BCUT2D eigenvalue weighted by Crippen LogP contribution is -2.30. The van der Waals surface area contributed by atoms with Gasteiger partial charge in [-0.2, -0.15) is 0 Å². The van der Waals surface area contributed by atoms with Crippen molar-refractivity contribution in [2.45, 2.75) is 24.5 Å². The first-order valence-corrected chi connectivity index (χ1v) is 5.88. The molecule has 0 radical (unpaired) electrons. The fourth-order valence-corrected chi connectivity index (χ4v) is 2.09. The second-order valence-electron chi connectivity index (χ2n) is 3.39. The summed E-state index contributed by atoms with van der Waals surface area (Å²) in [5.74, 6) is 0.646. The third-order valence-corrected chi connectivity index (χ3v) is 3.02. The van der Waals surface area contributed by atoms with Crippen LogP contribution in [0.15, 0.2) is 5.16 Å². The van der Waals surface area contributed by atoms with E-state index in [1.54, 1.807) is 0 Å². The van der Waals surface area contributed by atoms with Crippen LogP contribution in [0, 0.1) is 0 Å². The molecule has 2 rings (SSSR count). The van der Waals surface area contributed by atoms with Crippen molar-refractivity contribution >= 4 is 17.6 Å². The number of anilines is 1. The van der Waals surface area contributed by atoms with Crippen LogP contribution in [0.25, 0.3) is 0 Å². The monoisotopic (exact) mass is 210 g/mol. The summed E-state index contributed by atoms with van der Waals surface area (Å²) >= 11 is 1.53. The van der Waals surface area contributed by atoms with Crippen molar-refractivity contribution in [1.82, 2.24) is 15.3 Å². The molecule has 1 aliphatic rings. The van der Waals surface area contributed by atoms with E-state index in [4.69, 9.17) is 5.73 Å². The van der Waals surface area contributed by atoms with Crippen molar-refractivity contribution in [3.8, 4) is 0 Å². The normalized spacial score (nSPS) is 20.6. The summed E-state index contributed by atoms with van der Waals surface area (Å²) in [6.45, 7) is 3.06. The molecule has 2 heterocycles. The summed E-state index contributed by atoms with van der Waals surface area (Å²) in [5.41, 5.74) is 8.07. The van der Waals surface area contributed by atoms with Gasteiger partial charge >= 0.3 is 0 Å². The first-order valence-electron chi connectivity index (χ1n) is 4.66. The molecule has 0 saturated carbocycles. The van der Waals surface area contributed by atoms with E-state index in [2.05, 4.69) is 22.2 Å². The molecular formula is C9H14N4S. The second-order valence-corrected chi connectivity index (χ2v) is 4.16. The number of nitrogens with one attached hydrogen (secondary N) is 1. The lowest BCUT2D eigenvalue weighted by molar-refractivity contribution is 0.518. The van der Waals surface area contributed by atoms with Crippen molar-refractivity contribution in [2.24, 2.45) is 0 Å². The van der Waals surface area contributed by atoms with Crippen LogP contribution in [-0.2, 0) is 6.42 Å². The summed E-state index contributed by atoms with van der Waals surface area (Å²) in [6, 6.07) is 0.287.